The predicted molar refractivity (Wildman–Crippen MR) is 79.9 cm³/mol. The summed E-state index contributed by atoms with van der Waals surface area (Å²) in [6.45, 7) is 6.97. The van der Waals surface area contributed by atoms with Crippen LogP contribution < -0.4 is 0 Å². The van der Waals surface area contributed by atoms with Crippen molar-refractivity contribution in [2.75, 3.05) is 0 Å². The molecule has 1 nitrogen and oxygen atoms in total. The molecule has 0 saturated heterocycles. The molecule has 0 aliphatic heterocycles. The standard InChI is InChI=1S/C14H24IN/c1-4-6-7-9-14(3,8-5-2)13-10-12(15)11-16-13/h10-11,16H,4-9H2,1-3H3. The average Bonchev–Trinajstić information content (AvgIpc) is 2.66. The molecule has 92 valence electrons. The second-order valence-electron chi connectivity index (χ2n) is 5.00. The Morgan fingerprint density at radius 1 is 1.19 bits per heavy atom. The van der Waals surface area contributed by atoms with Gasteiger partial charge in [0.05, 0.1) is 0 Å². The molecule has 1 rings (SSSR count). The van der Waals surface area contributed by atoms with Gasteiger partial charge in [0.1, 0.15) is 0 Å². The minimum atomic E-state index is 0.355. The van der Waals surface area contributed by atoms with Crippen LogP contribution in [-0.2, 0) is 5.41 Å². The summed E-state index contributed by atoms with van der Waals surface area (Å²) in [5.41, 5.74) is 1.78. The van der Waals surface area contributed by atoms with Crippen LogP contribution in [0.2, 0.25) is 0 Å². The predicted octanol–water partition coefficient (Wildman–Crippen LogP) is 5.26. The van der Waals surface area contributed by atoms with Crippen LogP contribution in [0.25, 0.3) is 0 Å². The van der Waals surface area contributed by atoms with Gasteiger partial charge in [-0.05, 0) is 41.5 Å². The molecule has 16 heavy (non-hydrogen) atoms. The highest BCUT2D eigenvalue weighted by Gasteiger charge is 2.26. The lowest BCUT2D eigenvalue weighted by Gasteiger charge is -2.28. The maximum Gasteiger partial charge on any atom is 0.0307 e. The molecular weight excluding hydrogens is 309 g/mol. The number of aromatic amines is 1. The monoisotopic (exact) mass is 333 g/mol. The van der Waals surface area contributed by atoms with E-state index in [4.69, 9.17) is 0 Å². The first-order valence-electron chi connectivity index (χ1n) is 6.47. The maximum atomic E-state index is 3.45. The first-order valence-corrected chi connectivity index (χ1v) is 7.54. The molecule has 2 heteroatoms. The molecule has 0 saturated carbocycles. The van der Waals surface area contributed by atoms with E-state index in [0.717, 1.165) is 0 Å². The highest BCUT2D eigenvalue weighted by Crippen LogP contribution is 2.34. The van der Waals surface area contributed by atoms with Crippen LogP contribution in [-0.4, -0.2) is 4.98 Å². The quantitative estimate of drug-likeness (QED) is 0.518. The molecule has 0 aromatic carbocycles. The molecular formula is C14H24IN. The van der Waals surface area contributed by atoms with Crippen molar-refractivity contribution in [1.82, 2.24) is 4.98 Å². The number of H-pyrrole nitrogens is 1. The van der Waals surface area contributed by atoms with Crippen LogP contribution in [0.5, 0.6) is 0 Å². The highest BCUT2D eigenvalue weighted by atomic mass is 127. The van der Waals surface area contributed by atoms with Gasteiger partial charge in [-0.1, -0.05) is 46.5 Å². The summed E-state index contributed by atoms with van der Waals surface area (Å²) in [5.74, 6) is 0. The molecule has 0 radical (unpaired) electrons. The van der Waals surface area contributed by atoms with Gasteiger partial charge in [-0.15, -0.1) is 0 Å². The van der Waals surface area contributed by atoms with E-state index in [9.17, 15) is 0 Å². The summed E-state index contributed by atoms with van der Waals surface area (Å²) in [5, 5.41) is 0. The van der Waals surface area contributed by atoms with Crippen molar-refractivity contribution in [2.45, 2.75) is 64.7 Å². The maximum absolute atomic E-state index is 3.45. The van der Waals surface area contributed by atoms with Crippen LogP contribution >= 0.6 is 22.6 Å². The molecule has 0 aliphatic rings. The zero-order valence-corrected chi connectivity index (χ0v) is 12.9. The summed E-state index contributed by atoms with van der Waals surface area (Å²) in [4.78, 5) is 3.45. The van der Waals surface area contributed by atoms with Gasteiger partial charge >= 0.3 is 0 Å². The lowest BCUT2D eigenvalue weighted by Crippen LogP contribution is -2.22. The molecule has 1 unspecified atom stereocenters. The Morgan fingerprint density at radius 3 is 2.44 bits per heavy atom. The second-order valence-corrected chi connectivity index (χ2v) is 6.24. The zero-order valence-electron chi connectivity index (χ0n) is 10.8. The van der Waals surface area contributed by atoms with Crippen molar-refractivity contribution in [2.24, 2.45) is 0 Å². The third kappa shape index (κ3) is 3.79. The number of nitrogens with one attached hydrogen (secondary N) is 1. The molecule has 1 N–H and O–H groups in total. The lowest BCUT2D eigenvalue weighted by molar-refractivity contribution is 0.370. The van der Waals surface area contributed by atoms with Crippen molar-refractivity contribution >= 4 is 22.6 Å². The fourth-order valence-electron chi connectivity index (χ4n) is 2.43. The fraction of sp³-hybridized carbons (Fsp3) is 0.714. The Labute approximate surface area is 114 Å². The Hall–Kier alpha value is 0.01000. The van der Waals surface area contributed by atoms with Gasteiger partial charge in [-0.25, -0.2) is 0 Å². The third-order valence-electron chi connectivity index (χ3n) is 3.43. The van der Waals surface area contributed by atoms with Gasteiger partial charge in [0.25, 0.3) is 0 Å². The third-order valence-corrected chi connectivity index (χ3v) is 4.05. The summed E-state index contributed by atoms with van der Waals surface area (Å²) >= 11 is 2.38. The average molecular weight is 333 g/mol. The summed E-state index contributed by atoms with van der Waals surface area (Å²) in [7, 11) is 0. The summed E-state index contributed by atoms with van der Waals surface area (Å²) < 4.78 is 1.32. The molecule has 0 fully saturated rings. The molecule has 1 atom stereocenters. The van der Waals surface area contributed by atoms with Gasteiger partial charge in [-0.3, -0.25) is 0 Å². The smallest absolute Gasteiger partial charge is 0.0307 e. The Bertz CT molecular complexity index is 305. The molecule has 0 spiro atoms. The fourth-order valence-corrected chi connectivity index (χ4v) is 2.89. The highest BCUT2D eigenvalue weighted by molar-refractivity contribution is 14.1. The largest absolute Gasteiger partial charge is 0.364 e. The first-order chi connectivity index (χ1) is 7.62. The molecule has 0 bridgehead atoms. The topological polar surface area (TPSA) is 15.8 Å². The molecule has 1 aromatic rings. The van der Waals surface area contributed by atoms with Crippen LogP contribution in [0.4, 0.5) is 0 Å². The van der Waals surface area contributed by atoms with Crippen molar-refractivity contribution in [3.63, 3.8) is 0 Å². The summed E-state index contributed by atoms with van der Waals surface area (Å²) in [6, 6.07) is 2.31. The van der Waals surface area contributed by atoms with Gasteiger partial charge in [-0.2, -0.15) is 0 Å². The number of hydrogen-bond acceptors (Lipinski definition) is 0. The van der Waals surface area contributed by atoms with E-state index in [1.54, 1.807) is 0 Å². The van der Waals surface area contributed by atoms with Crippen LogP contribution in [0.3, 0.4) is 0 Å². The lowest BCUT2D eigenvalue weighted by atomic mass is 9.78. The van der Waals surface area contributed by atoms with E-state index < -0.39 is 0 Å². The van der Waals surface area contributed by atoms with E-state index in [1.165, 1.54) is 47.8 Å². The number of unbranched alkanes of at least 4 members (excludes halogenated alkanes) is 2. The van der Waals surface area contributed by atoms with Crippen molar-refractivity contribution < 1.29 is 0 Å². The molecule has 1 aromatic heterocycles. The van der Waals surface area contributed by atoms with E-state index in [-0.39, 0.29) is 0 Å². The normalized spacial score (nSPS) is 15.0. The van der Waals surface area contributed by atoms with Crippen molar-refractivity contribution in [1.29, 1.82) is 0 Å². The van der Waals surface area contributed by atoms with Crippen LogP contribution in [0.15, 0.2) is 12.3 Å². The van der Waals surface area contributed by atoms with Gasteiger partial charge in [0.2, 0.25) is 0 Å². The second kappa shape index (κ2) is 6.67. The van der Waals surface area contributed by atoms with Gasteiger partial charge < -0.3 is 4.98 Å². The summed E-state index contributed by atoms with van der Waals surface area (Å²) in [6.07, 6.45) is 9.99. The SMILES string of the molecule is CCCCCC(C)(CCC)c1cc(I)c[nH]1. The van der Waals surface area contributed by atoms with Crippen LogP contribution in [0, 0.1) is 3.57 Å². The Balaban J connectivity index is 2.71. The van der Waals surface area contributed by atoms with E-state index in [1.807, 2.05) is 0 Å². The number of aromatic nitrogens is 1. The van der Waals surface area contributed by atoms with E-state index in [2.05, 4.69) is 60.6 Å². The number of halogens is 1. The minimum Gasteiger partial charge on any atom is -0.364 e. The molecule has 0 amide bonds. The molecule has 0 aliphatic carbocycles. The Kier molecular flexibility index (Phi) is 5.87. The van der Waals surface area contributed by atoms with Gasteiger partial charge in [0, 0.05) is 20.9 Å². The van der Waals surface area contributed by atoms with E-state index in [0.29, 0.717) is 5.41 Å². The van der Waals surface area contributed by atoms with Crippen molar-refractivity contribution in [3.8, 4) is 0 Å². The number of rotatable bonds is 7. The van der Waals surface area contributed by atoms with Crippen molar-refractivity contribution in [3.05, 3.63) is 21.5 Å². The molecule has 1 heterocycles. The number of hydrogen-bond donors (Lipinski definition) is 1. The minimum absolute atomic E-state index is 0.355. The first kappa shape index (κ1) is 14.1. The zero-order chi connectivity index (χ0) is 12.0. The Morgan fingerprint density at radius 2 is 1.94 bits per heavy atom. The van der Waals surface area contributed by atoms with Gasteiger partial charge in [0.15, 0.2) is 0 Å². The van der Waals surface area contributed by atoms with E-state index >= 15 is 0 Å². The van der Waals surface area contributed by atoms with Crippen LogP contribution in [0.1, 0.15) is 65.0 Å².